The third kappa shape index (κ3) is 4.04. The lowest BCUT2D eigenvalue weighted by Gasteiger charge is -2.27. The van der Waals surface area contributed by atoms with Crippen LogP contribution in [-0.4, -0.2) is 38.4 Å². The Morgan fingerprint density at radius 2 is 2.08 bits per heavy atom. The highest BCUT2D eigenvalue weighted by Gasteiger charge is 2.28. The third-order valence-corrected chi connectivity index (χ3v) is 4.31. The van der Waals surface area contributed by atoms with Crippen LogP contribution in [0.1, 0.15) is 18.4 Å². The van der Waals surface area contributed by atoms with Gasteiger partial charge in [-0.25, -0.2) is 4.39 Å². The van der Waals surface area contributed by atoms with E-state index in [-0.39, 0.29) is 19.3 Å². The van der Waals surface area contributed by atoms with Crippen LogP contribution in [0.15, 0.2) is 41.3 Å². The van der Waals surface area contributed by atoms with E-state index in [9.17, 15) is 4.39 Å². The van der Waals surface area contributed by atoms with Crippen LogP contribution < -0.4 is 21.2 Å². The first-order chi connectivity index (χ1) is 11.8. The highest BCUT2D eigenvalue weighted by molar-refractivity contribution is 5.99. The van der Waals surface area contributed by atoms with Gasteiger partial charge in [0.05, 0.1) is 6.33 Å². The molecule has 24 heavy (non-hydrogen) atoms. The van der Waals surface area contributed by atoms with Crippen LogP contribution in [0.3, 0.4) is 0 Å². The number of hydrogen-bond donors (Lipinski definition) is 3. The summed E-state index contributed by atoms with van der Waals surface area (Å²) in [4.78, 5) is 0. The Kier molecular flexibility index (Phi) is 5.66. The van der Waals surface area contributed by atoms with E-state index in [0.717, 1.165) is 37.5 Å². The topological polar surface area (TPSA) is 80.9 Å². The smallest absolute Gasteiger partial charge is 0.154 e. The molecule has 130 valence electrons. The Hall–Kier alpha value is -2.12. The van der Waals surface area contributed by atoms with E-state index in [2.05, 4.69) is 15.8 Å². The third-order valence-electron chi connectivity index (χ3n) is 4.31. The lowest BCUT2D eigenvalue weighted by Crippen LogP contribution is -2.43. The molecule has 0 amide bonds. The number of rotatable bonds is 6. The summed E-state index contributed by atoms with van der Waals surface area (Å²) < 4.78 is 23.4. The van der Waals surface area contributed by atoms with Gasteiger partial charge in [0.2, 0.25) is 0 Å². The highest BCUT2D eigenvalue weighted by atomic mass is 19.1. The van der Waals surface area contributed by atoms with Crippen molar-refractivity contribution in [3.05, 3.63) is 41.7 Å². The van der Waals surface area contributed by atoms with Crippen LogP contribution in [0.4, 0.5) is 4.39 Å². The first-order valence-corrected chi connectivity index (χ1v) is 8.19. The van der Waals surface area contributed by atoms with Crippen LogP contribution in [0.5, 0.6) is 5.75 Å². The predicted molar refractivity (Wildman–Crippen MR) is 90.3 cm³/mol. The van der Waals surface area contributed by atoms with Gasteiger partial charge in [-0.15, -0.1) is 0 Å². The maximum absolute atomic E-state index is 12.5. The molecule has 1 saturated heterocycles. The molecule has 1 aromatic carbocycles. The molecule has 0 bridgehead atoms. The van der Waals surface area contributed by atoms with Crippen molar-refractivity contribution in [2.75, 3.05) is 26.4 Å². The quantitative estimate of drug-likeness (QED) is 0.734. The van der Waals surface area contributed by atoms with E-state index in [4.69, 9.17) is 15.2 Å². The van der Waals surface area contributed by atoms with Gasteiger partial charge in [0, 0.05) is 36.8 Å². The zero-order chi connectivity index (χ0) is 16.8. The molecule has 0 spiro atoms. The zero-order valence-electron chi connectivity index (χ0n) is 13.5. The molecule has 3 rings (SSSR count). The number of hydrogen-bond acceptors (Lipinski definition) is 6. The van der Waals surface area contributed by atoms with Crippen molar-refractivity contribution in [1.82, 2.24) is 10.7 Å². The molecule has 0 aromatic heterocycles. The largest absolute Gasteiger partial charge is 0.489 e. The van der Waals surface area contributed by atoms with Crippen molar-refractivity contribution in [3.63, 3.8) is 0 Å². The molecule has 2 aliphatic heterocycles. The van der Waals surface area contributed by atoms with Crippen molar-refractivity contribution in [2.45, 2.75) is 19.0 Å². The average molecular weight is 334 g/mol. The minimum atomic E-state index is 0.147. The molecular formula is C17H23FN4O2. The van der Waals surface area contributed by atoms with E-state index in [0.29, 0.717) is 23.6 Å². The highest BCUT2D eigenvalue weighted by Crippen LogP contribution is 2.20. The molecule has 2 aliphatic rings. The van der Waals surface area contributed by atoms with Crippen molar-refractivity contribution < 1.29 is 13.9 Å². The predicted octanol–water partition coefficient (Wildman–Crippen LogP) is 1.48. The molecule has 2 heterocycles. The summed E-state index contributed by atoms with van der Waals surface area (Å²) in [6.45, 7) is 1.92. The Labute approximate surface area is 140 Å². The number of ether oxygens (including phenoxy) is 2. The van der Waals surface area contributed by atoms with Gasteiger partial charge in [-0.05, 0) is 37.1 Å². The fourth-order valence-corrected chi connectivity index (χ4v) is 2.79. The van der Waals surface area contributed by atoms with Gasteiger partial charge in [0.15, 0.2) is 5.84 Å². The SMILES string of the molecule is NC/C(=C\F)COc1ccc(C2=NNC(C3CCOCC3)N2)cc1. The summed E-state index contributed by atoms with van der Waals surface area (Å²) in [5.74, 6) is 2.01. The summed E-state index contributed by atoms with van der Waals surface area (Å²) in [5.41, 5.74) is 9.97. The Morgan fingerprint density at radius 1 is 1.33 bits per heavy atom. The molecule has 1 atom stereocenters. The Morgan fingerprint density at radius 3 is 2.75 bits per heavy atom. The lowest BCUT2D eigenvalue weighted by molar-refractivity contribution is 0.0535. The molecule has 1 unspecified atom stereocenters. The summed E-state index contributed by atoms with van der Waals surface area (Å²) in [7, 11) is 0. The van der Waals surface area contributed by atoms with Crippen LogP contribution >= 0.6 is 0 Å². The lowest BCUT2D eigenvalue weighted by atomic mass is 9.97. The molecular weight excluding hydrogens is 311 g/mol. The van der Waals surface area contributed by atoms with Gasteiger partial charge in [0.1, 0.15) is 18.5 Å². The number of hydrazone groups is 1. The molecule has 1 aromatic rings. The van der Waals surface area contributed by atoms with Crippen molar-refractivity contribution in [1.29, 1.82) is 0 Å². The summed E-state index contributed by atoms with van der Waals surface area (Å²) >= 11 is 0. The fraction of sp³-hybridized carbons (Fsp3) is 0.471. The average Bonchev–Trinajstić information content (AvgIpc) is 3.14. The maximum Gasteiger partial charge on any atom is 0.154 e. The standard InChI is InChI=1S/C17H23FN4O2/c18-9-12(10-19)11-24-15-3-1-13(2-4-15)16-20-17(22-21-16)14-5-7-23-8-6-14/h1-4,9,14,17,22H,5-8,10-11,19H2,(H,20,21)/b12-9+. The molecule has 0 saturated carbocycles. The van der Waals surface area contributed by atoms with Crippen molar-refractivity contribution in [2.24, 2.45) is 16.8 Å². The van der Waals surface area contributed by atoms with Crippen LogP contribution in [0.25, 0.3) is 0 Å². The maximum atomic E-state index is 12.5. The van der Waals surface area contributed by atoms with Crippen molar-refractivity contribution in [3.8, 4) is 5.75 Å². The monoisotopic (exact) mass is 334 g/mol. The van der Waals surface area contributed by atoms with E-state index in [1.807, 2.05) is 24.3 Å². The van der Waals surface area contributed by atoms with Gasteiger partial charge in [-0.1, -0.05) is 0 Å². The van der Waals surface area contributed by atoms with Crippen LogP contribution in [0.2, 0.25) is 0 Å². The van der Waals surface area contributed by atoms with Crippen LogP contribution in [0, 0.1) is 5.92 Å². The number of benzene rings is 1. The Balaban J connectivity index is 1.54. The number of halogens is 1. The molecule has 7 heteroatoms. The van der Waals surface area contributed by atoms with Gasteiger partial charge >= 0.3 is 0 Å². The van der Waals surface area contributed by atoms with E-state index in [1.165, 1.54) is 0 Å². The summed E-state index contributed by atoms with van der Waals surface area (Å²) in [6.07, 6.45) is 2.72. The van der Waals surface area contributed by atoms with E-state index >= 15 is 0 Å². The number of nitrogens with one attached hydrogen (secondary N) is 2. The Bertz CT molecular complexity index is 597. The van der Waals surface area contributed by atoms with Gasteiger partial charge in [-0.2, -0.15) is 5.10 Å². The van der Waals surface area contributed by atoms with Crippen molar-refractivity contribution >= 4 is 5.84 Å². The molecule has 0 radical (unpaired) electrons. The van der Waals surface area contributed by atoms with Gasteiger partial charge < -0.3 is 20.5 Å². The zero-order valence-corrected chi connectivity index (χ0v) is 13.5. The minimum Gasteiger partial charge on any atom is -0.489 e. The second kappa shape index (κ2) is 8.12. The molecule has 0 aliphatic carbocycles. The minimum absolute atomic E-state index is 0.147. The second-order valence-corrected chi connectivity index (χ2v) is 5.95. The van der Waals surface area contributed by atoms with Crippen LogP contribution in [-0.2, 0) is 4.74 Å². The first-order valence-electron chi connectivity index (χ1n) is 8.19. The van der Waals surface area contributed by atoms with E-state index < -0.39 is 0 Å². The second-order valence-electron chi connectivity index (χ2n) is 5.95. The first kappa shape index (κ1) is 16.7. The normalized spacial score (nSPS) is 21.8. The summed E-state index contributed by atoms with van der Waals surface area (Å²) in [6, 6.07) is 7.54. The summed E-state index contributed by atoms with van der Waals surface area (Å²) in [5, 5.41) is 7.82. The van der Waals surface area contributed by atoms with E-state index in [1.54, 1.807) is 0 Å². The number of nitrogens with two attached hydrogens (primary N) is 1. The van der Waals surface area contributed by atoms with Gasteiger partial charge in [0.25, 0.3) is 0 Å². The number of amidine groups is 1. The number of nitrogens with zero attached hydrogens (tertiary/aromatic N) is 1. The molecule has 4 N–H and O–H groups in total. The van der Waals surface area contributed by atoms with Gasteiger partial charge in [-0.3, -0.25) is 5.43 Å². The molecule has 6 nitrogen and oxygen atoms in total. The molecule has 1 fully saturated rings. The fourth-order valence-electron chi connectivity index (χ4n) is 2.79.